The number of nitrogens with zero attached hydrogens (tertiary/aromatic N) is 2. The van der Waals surface area contributed by atoms with Crippen molar-refractivity contribution in [3.8, 4) is 0 Å². The van der Waals surface area contributed by atoms with Gasteiger partial charge >= 0.3 is 0 Å². The van der Waals surface area contributed by atoms with E-state index in [1.54, 1.807) is 4.90 Å². The van der Waals surface area contributed by atoms with Crippen LogP contribution in [0.4, 0.5) is 5.69 Å². The van der Waals surface area contributed by atoms with Gasteiger partial charge in [0.15, 0.2) is 5.78 Å². The molecule has 1 heterocycles. The molecule has 0 atom stereocenters. The maximum atomic E-state index is 12.5. The second-order valence-electron chi connectivity index (χ2n) is 8.36. The number of anilines is 1. The number of aryl methyl sites for hydroxylation is 1. The fourth-order valence-corrected chi connectivity index (χ4v) is 3.72. The topological polar surface area (TPSA) is 69.7 Å². The average molecular weight is 422 g/mol. The third-order valence-corrected chi connectivity index (χ3v) is 5.77. The van der Waals surface area contributed by atoms with Gasteiger partial charge in [-0.25, -0.2) is 0 Å². The number of amides is 2. The van der Waals surface area contributed by atoms with Gasteiger partial charge < -0.3 is 15.1 Å². The van der Waals surface area contributed by atoms with Crippen molar-refractivity contribution in [3.05, 3.63) is 65.2 Å². The number of hydrogen-bond donors (Lipinski definition) is 1. The van der Waals surface area contributed by atoms with Gasteiger partial charge in [-0.2, -0.15) is 0 Å². The molecule has 2 aromatic rings. The molecule has 2 aromatic carbocycles. The Labute approximate surface area is 184 Å². The lowest BCUT2D eigenvalue weighted by Gasteiger charge is -2.32. The highest BCUT2D eigenvalue weighted by Gasteiger charge is 2.24. The number of ketones is 1. The number of benzene rings is 2. The summed E-state index contributed by atoms with van der Waals surface area (Å²) in [6, 6.07) is 15.0. The lowest BCUT2D eigenvalue weighted by molar-refractivity contribution is -0.132. The van der Waals surface area contributed by atoms with Gasteiger partial charge in [-0.1, -0.05) is 29.8 Å². The molecule has 0 unspecified atom stereocenters. The highest BCUT2D eigenvalue weighted by molar-refractivity contribution is 5.98. The van der Waals surface area contributed by atoms with Crippen LogP contribution in [-0.2, 0) is 4.79 Å². The zero-order valence-corrected chi connectivity index (χ0v) is 18.6. The lowest BCUT2D eigenvalue weighted by atomic mass is 10.0. The van der Waals surface area contributed by atoms with Gasteiger partial charge in [0, 0.05) is 62.9 Å². The van der Waals surface area contributed by atoms with Crippen LogP contribution in [-0.4, -0.2) is 55.7 Å². The van der Waals surface area contributed by atoms with E-state index in [0.29, 0.717) is 24.2 Å². The number of hydrogen-bond acceptors (Lipinski definition) is 4. The zero-order valence-electron chi connectivity index (χ0n) is 18.6. The molecular weight excluding hydrogens is 390 g/mol. The Morgan fingerprint density at radius 1 is 0.903 bits per heavy atom. The fourth-order valence-electron chi connectivity index (χ4n) is 3.72. The van der Waals surface area contributed by atoms with Crippen LogP contribution in [0, 0.1) is 6.92 Å². The van der Waals surface area contributed by atoms with Crippen molar-refractivity contribution in [1.29, 1.82) is 0 Å². The molecule has 0 bridgehead atoms. The van der Waals surface area contributed by atoms with Gasteiger partial charge in [0.25, 0.3) is 5.91 Å². The van der Waals surface area contributed by atoms with Gasteiger partial charge in [0.1, 0.15) is 0 Å². The second-order valence-corrected chi connectivity index (χ2v) is 8.36. The summed E-state index contributed by atoms with van der Waals surface area (Å²) in [5.74, 6) is -0.0842. The molecule has 1 N–H and O–H groups in total. The third kappa shape index (κ3) is 6.17. The van der Waals surface area contributed by atoms with Gasteiger partial charge in [0.05, 0.1) is 0 Å². The van der Waals surface area contributed by atoms with Crippen molar-refractivity contribution < 1.29 is 14.4 Å². The zero-order chi connectivity index (χ0) is 22.4. The Hall–Kier alpha value is -3.15. The summed E-state index contributed by atoms with van der Waals surface area (Å²) in [6.07, 6.45) is 1.89. The number of carbonyl (C=O) groups is 3. The molecule has 6 heteroatoms. The molecule has 0 aliphatic carbocycles. The normalized spacial score (nSPS) is 14.2. The van der Waals surface area contributed by atoms with Crippen LogP contribution in [0.3, 0.4) is 0 Å². The van der Waals surface area contributed by atoms with E-state index in [2.05, 4.69) is 5.32 Å². The molecule has 0 spiro atoms. The largest absolute Gasteiger partial charge is 0.378 e. The number of piperidine rings is 1. The van der Waals surface area contributed by atoms with E-state index in [0.717, 1.165) is 24.1 Å². The van der Waals surface area contributed by atoms with Crippen LogP contribution < -0.4 is 10.2 Å². The predicted molar refractivity (Wildman–Crippen MR) is 123 cm³/mol. The Kier molecular flexibility index (Phi) is 7.45. The number of likely N-dealkylation sites (tertiary alicyclic amines) is 1. The van der Waals surface area contributed by atoms with Gasteiger partial charge in [-0.3, -0.25) is 14.4 Å². The van der Waals surface area contributed by atoms with Crippen molar-refractivity contribution >= 4 is 23.3 Å². The summed E-state index contributed by atoms with van der Waals surface area (Å²) in [4.78, 5) is 41.1. The molecule has 0 radical (unpaired) electrons. The maximum Gasteiger partial charge on any atom is 0.251 e. The van der Waals surface area contributed by atoms with Crippen LogP contribution in [0.2, 0.25) is 0 Å². The monoisotopic (exact) mass is 421 g/mol. The number of rotatable bonds is 7. The molecule has 6 nitrogen and oxygen atoms in total. The van der Waals surface area contributed by atoms with Gasteiger partial charge in [-0.15, -0.1) is 0 Å². The number of Topliss-reactive ketones (excluding diaryl/α,β-unsaturated/α-hetero) is 1. The SMILES string of the molecule is Cc1ccc(C(=O)CCC(=O)N2CCC(NC(=O)c3ccc(N(C)C)cc3)CC2)cc1. The standard InChI is InChI=1S/C25H31N3O3/c1-18-4-6-19(7-5-18)23(29)12-13-24(30)28-16-14-21(15-17-28)26-25(31)20-8-10-22(11-9-20)27(2)3/h4-11,21H,12-17H2,1-3H3,(H,26,31). The third-order valence-electron chi connectivity index (χ3n) is 5.77. The van der Waals surface area contributed by atoms with Crippen LogP contribution in [0.5, 0.6) is 0 Å². The maximum absolute atomic E-state index is 12.5. The first-order chi connectivity index (χ1) is 14.8. The minimum atomic E-state index is -0.0845. The number of carbonyl (C=O) groups excluding carboxylic acids is 3. The molecule has 3 rings (SSSR count). The van der Waals surface area contributed by atoms with Gasteiger partial charge in [0.2, 0.25) is 5.91 Å². The fraction of sp³-hybridized carbons (Fsp3) is 0.400. The highest BCUT2D eigenvalue weighted by atomic mass is 16.2. The Bertz CT molecular complexity index is 912. The molecule has 2 amide bonds. The van der Waals surface area contributed by atoms with Crippen LogP contribution in [0.15, 0.2) is 48.5 Å². The first-order valence-corrected chi connectivity index (χ1v) is 10.8. The summed E-state index contributed by atoms with van der Waals surface area (Å²) < 4.78 is 0. The van der Waals surface area contributed by atoms with E-state index in [1.165, 1.54) is 0 Å². The summed E-state index contributed by atoms with van der Waals surface area (Å²) in [5.41, 5.74) is 3.44. The van der Waals surface area contributed by atoms with Crippen LogP contribution in [0.25, 0.3) is 0 Å². The first-order valence-electron chi connectivity index (χ1n) is 10.8. The summed E-state index contributed by atoms with van der Waals surface area (Å²) >= 11 is 0. The Morgan fingerprint density at radius 3 is 2.06 bits per heavy atom. The lowest BCUT2D eigenvalue weighted by Crippen LogP contribution is -2.46. The average Bonchev–Trinajstić information content (AvgIpc) is 2.78. The van der Waals surface area contributed by atoms with E-state index in [4.69, 9.17) is 0 Å². The van der Waals surface area contributed by atoms with Crippen molar-refractivity contribution in [3.63, 3.8) is 0 Å². The summed E-state index contributed by atoms with van der Waals surface area (Å²) in [5, 5.41) is 3.07. The second kappa shape index (κ2) is 10.2. The molecule has 1 aliphatic heterocycles. The van der Waals surface area contributed by atoms with Crippen molar-refractivity contribution in [2.24, 2.45) is 0 Å². The summed E-state index contributed by atoms with van der Waals surface area (Å²) in [6.45, 7) is 3.18. The molecule has 0 saturated carbocycles. The molecule has 1 aliphatic rings. The smallest absolute Gasteiger partial charge is 0.251 e. The molecule has 0 aromatic heterocycles. The van der Waals surface area contributed by atoms with Crippen LogP contribution >= 0.6 is 0 Å². The van der Waals surface area contributed by atoms with Crippen LogP contribution in [0.1, 0.15) is 52.0 Å². The Balaban J connectivity index is 1.42. The van der Waals surface area contributed by atoms with Gasteiger partial charge in [-0.05, 0) is 44.0 Å². The molecular formula is C25H31N3O3. The van der Waals surface area contributed by atoms with E-state index >= 15 is 0 Å². The van der Waals surface area contributed by atoms with E-state index in [1.807, 2.05) is 74.4 Å². The van der Waals surface area contributed by atoms with Crippen molar-refractivity contribution in [1.82, 2.24) is 10.2 Å². The quantitative estimate of drug-likeness (QED) is 0.696. The molecule has 1 fully saturated rings. The molecule has 31 heavy (non-hydrogen) atoms. The van der Waals surface area contributed by atoms with Crippen molar-refractivity contribution in [2.45, 2.75) is 38.6 Å². The van der Waals surface area contributed by atoms with E-state index < -0.39 is 0 Å². The number of nitrogens with one attached hydrogen (secondary N) is 1. The first kappa shape index (κ1) is 22.5. The summed E-state index contributed by atoms with van der Waals surface area (Å²) in [7, 11) is 3.92. The predicted octanol–water partition coefficient (Wildman–Crippen LogP) is 3.44. The van der Waals surface area contributed by atoms with Crippen molar-refractivity contribution in [2.75, 3.05) is 32.1 Å². The van der Waals surface area contributed by atoms with E-state index in [9.17, 15) is 14.4 Å². The minimum Gasteiger partial charge on any atom is -0.378 e. The molecule has 164 valence electrons. The van der Waals surface area contributed by atoms with E-state index in [-0.39, 0.29) is 36.5 Å². The highest BCUT2D eigenvalue weighted by Crippen LogP contribution is 2.16. The molecule has 1 saturated heterocycles. The Morgan fingerprint density at radius 2 is 1.48 bits per heavy atom. The minimum absolute atomic E-state index is 0.00390.